The number of ether oxygens (including phenoxy) is 1. The Morgan fingerprint density at radius 2 is 2.11 bits per heavy atom. The van der Waals surface area contributed by atoms with Crippen molar-refractivity contribution in [3.8, 4) is 5.75 Å². The van der Waals surface area contributed by atoms with Crippen LogP contribution in [0.25, 0.3) is 10.9 Å². The lowest BCUT2D eigenvalue weighted by atomic mass is 10.2. The molecule has 2 rings (SSSR count). The van der Waals surface area contributed by atoms with Gasteiger partial charge >= 0.3 is 0 Å². The highest BCUT2D eigenvalue weighted by Gasteiger charge is 2.16. The lowest BCUT2D eigenvalue weighted by molar-refractivity contribution is 0.366. The van der Waals surface area contributed by atoms with Crippen LogP contribution in [0.2, 0.25) is 5.15 Å². The molecule has 7 heteroatoms. The van der Waals surface area contributed by atoms with Crippen LogP contribution in [-0.4, -0.2) is 20.0 Å². The molecule has 0 fully saturated rings. The molecule has 1 heterocycles. The summed E-state index contributed by atoms with van der Waals surface area (Å²) < 4.78 is 28.5. The Bertz CT molecular complexity index is 744. The Morgan fingerprint density at radius 3 is 2.74 bits per heavy atom. The van der Waals surface area contributed by atoms with Crippen LogP contribution in [-0.2, 0) is 10.0 Å². The molecule has 2 aromatic rings. The van der Waals surface area contributed by atoms with Gasteiger partial charge in [0.15, 0.2) is 0 Å². The van der Waals surface area contributed by atoms with Crippen LogP contribution in [0.15, 0.2) is 41.8 Å². The first-order chi connectivity index (χ1) is 8.93. The Morgan fingerprint density at radius 1 is 1.37 bits per heavy atom. The van der Waals surface area contributed by atoms with E-state index in [0.29, 0.717) is 16.7 Å². The summed E-state index contributed by atoms with van der Waals surface area (Å²) in [5, 5.41) is 5.77. The molecule has 0 amide bonds. The molecule has 5 nitrogen and oxygen atoms in total. The van der Waals surface area contributed by atoms with Crippen LogP contribution >= 0.6 is 11.6 Å². The molecule has 100 valence electrons. The number of nitrogens with two attached hydrogens (primary N) is 1. The van der Waals surface area contributed by atoms with Gasteiger partial charge in [0, 0.05) is 5.39 Å². The van der Waals surface area contributed by atoms with E-state index >= 15 is 0 Å². The Kier molecular flexibility index (Phi) is 3.75. The molecule has 0 unspecified atom stereocenters. The Hall–Kier alpha value is -1.63. The zero-order chi connectivity index (χ0) is 14.0. The number of halogens is 1. The third kappa shape index (κ3) is 2.86. The SMILES string of the molecule is C=CCOc1ccc(S(N)(=O)=O)c2ccc(Cl)nc12. The van der Waals surface area contributed by atoms with Gasteiger partial charge in [-0.25, -0.2) is 18.5 Å². The number of fused-ring (bicyclic) bond motifs is 1. The fraction of sp³-hybridized carbons (Fsp3) is 0.0833. The summed E-state index contributed by atoms with van der Waals surface area (Å²) >= 11 is 5.82. The number of primary sulfonamides is 1. The number of aromatic nitrogens is 1. The third-order valence-corrected chi connectivity index (χ3v) is 3.59. The molecule has 0 saturated heterocycles. The van der Waals surface area contributed by atoms with Crippen LogP contribution in [0.1, 0.15) is 0 Å². The van der Waals surface area contributed by atoms with E-state index in [1.54, 1.807) is 12.1 Å². The second kappa shape index (κ2) is 5.16. The molecule has 0 saturated carbocycles. The van der Waals surface area contributed by atoms with Crippen molar-refractivity contribution >= 4 is 32.5 Å². The summed E-state index contributed by atoms with van der Waals surface area (Å²) in [4.78, 5) is 4.07. The van der Waals surface area contributed by atoms with Gasteiger partial charge in [-0.3, -0.25) is 0 Å². The van der Waals surface area contributed by atoms with Gasteiger partial charge in [-0.2, -0.15) is 0 Å². The minimum atomic E-state index is -3.84. The van der Waals surface area contributed by atoms with E-state index in [4.69, 9.17) is 21.5 Å². The van der Waals surface area contributed by atoms with Gasteiger partial charge in [0.2, 0.25) is 10.0 Å². The van der Waals surface area contributed by atoms with Crippen molar-refractivity contribution in [3.05, 3.63) is 42.1 Å². The summed E-state index contributed by atoms with van der Waals surface area (Å²) in [7, 11) is -3.84. The molecule has 0 aliphatic carbocycles. The molecule has 0 atom stereocenters. The highest BCUT2D eigenvalue weighted by molar-refractivity contribution is 7.89. The maximum absolute atomic E-state index is 11.5. The third-order valence-electron chi connectivity index (χ3n) is 2.41. The summed E-state index contributed by atoms with van der Waals surface area (Å²) in [6.07, 6.45) is 1.57. The van der Waals surface area contributed by atoms with Crippen molar-refractivity contribution in [3.63, 3.8) is 0 Å². The second-order valence-corrected chi connectivity index (χ2v) is 5.65. The number of rotatable bonds is 4. The summed E-state index contributed by atoms with van der Waals surface area (Å²) in [5.74, 6) is 0.421. The van der Waals surface area contributed by atoms with Gasteiger partial charge < -0.3 is 4.74 Å². The van der Waals surface area contributed by atoms with Crippen molar-refractivity contribution in [1.29, 1.82) is 0 Å². The Labute approximate surface area is 115 Å². The largest absolute Gasteiger partial charge is 0.487 e. The summed E-state index contributed by atoms with van der Waals surface area (Å²) in [5.41, 5.74) is 0.348. The Balaban J connectivity index is 2.75. The molecular weight excluding hydrogens is 288 g/mol. The number of hydrogen-bond donors (Lipinski definition) is 1. The monoisotopic (exact) mass is 298 g/mol. The van der Waals surface area contributed by atoms with Crippen molar-refractivity contribution in [2.24, 2.45) is 5.14 Å². The van der Waals surface area contributed by atoms with E-state index in [-0.39, 0.29) is 16.7 Å². The number of pyridine rings is 1. The summed E-state index contributed by atoms with van der Waals surface area (Å²) in [6, 6.07) is 5.92. The standard InChI is InChI=1S/C12H11ClN2O3S/c1-2-7-18-9-4-5-10(19(14,16)17)8-3-6-11(13)15-12(8)9/h2-6H,1,7H2,(H2,14,16,17). The van der Waals surface area contributed by atoms with Crippen molar-refractivity contribution in [1.82, 2.24) is 4.98 Å². The van der Waals surface area contributed by atoms with Gasteiger partial charge in [-0.15, -0.1) is 0 Å². The molecule has 0 radical (unpaired) electrons. The van der Waals surface area contributed by atoms with Gasteiger partial charge in [0.25, 0.3) is 0 Å². The normalized spacial score (nSPS) is 11.5. The predicted octanol–water partition coefficient (Wildman–Crippen LogP) is 2.10. The van der Waals surface area contributed by atoms with Crippen LogP contribution in [0, 0.1) is 0 Å². The van der Waals surface area contributed by atoms with Gasteiger partial charge in [0.05, 0.1) is 4.90 Å². The predicted molar refractivity (Wildman–Crippen MR) is 73.8 cm³/mol. The minimum absolute atomic E-state index is 0.0161. The van der Waals surface area contributed by atoms with Crippen molar-refractivity contribution in [2.45, 2.75) is 4.90 Å². The minimum Gasteiger partial charge on any atom is -0.487 e. The van der Waals surface area contributed by atoms with Gasteiger partial charge in [-0.05, 0) is 24.3 Å². The first kappa shape index (κ1) is 13.8. The lowest BCUT2D eigenvalue weighted by Gasteiger charge is -2.10. The fourth-order valence-electron chi connectivity index (χ4n) is 1.66. The highest BCUT2D eigenvalue weighted by atomic mass is 35.5. The number of nitrogens with zero attached hydrogens (tertiary/aromatic N) is 1. The van der Waals surface area contributed by atoms with E-state index in [1.807, 2.05) is 0 Å². The quantitative estimate of drug-likeness (QED) is 0.692. The second-order valence-electron chi connectivity index (χ2n) is 3.74. The average Bonchev–Trinajstić information content (AvgIpc) is 2.34. The van der Waals surface area contributed by atoms with Crippen LogP contribution < -0.4 is 9.88 Å². The average molecular weight is 299 g/mol. The topological polar surface area (TPSA) is 82.3 Å². The molecule has 0 bridgehead atoms. The van der Waals surface area contributed by atoms with Crippen molar-refractivity contribution in [2.75, 3.05) is 6.61 Å². The fourth-order valence-corrected chi connectivity index (χ4v) is 2.53. The van der Waals surface area contributed by atoms with E-state index in [9.17, 15) is 8.42 Å². The molecule has 1 aromatic heterocycles. The molecule has 2 N–H and O–H groups in total. The van der Waals surface area contributed by atoms with Gasteiger partial charge in [-0.1, -0.05) is 24.3 Å². The molecule has 0 aliphatic rings. The van der Waals surface area contributed by atoms with E-state index in [2.05, 4.69) is 11.6 Å². The van der Waals surface area contributed by atoms with E-state index < -0.39 is 10.0 Å². The van der Waals surface area contributed by atoms with Crippen LogP contribution in [0.4, 0.5) is 0 Å². The van der Waals surface area contributed by atoms with E-state index in [1.165, 1.54) is 18.2 Å². The lowest BCUT2D eigenvalue weighted by Crippen LogP contribution is -2.13. The molecule has 19 heavy (non-hydrogen) atoms. The van der Waals surface area contributed by atoms with E-state index in [0.717, 1.165) is 0 Å². The number of benzene rings is 1. The first-order valence-electron chi connectivity index (χ1n) is 5.29. The zero-order valence-electron chi connectivity index (χ0n) is 9.84. The maximum atomic E-state index is 11.5. The smallest absolute Gasteiger partial charge is 0.238 e. The molecule has 0 spiro atoms. The van der Waals surface area contributed by atoms with Crippen molar-refractivity contribution < 1.29 is 13.2 Å². The van der Waals surface area contributed by atoms with Gasteiger partial charge in [0.1, 0.15) is 23.0 Å². The first-order valence-corrected chi connectivity index (χ1v) is 7.21. The van der Waals surface area contributed by atoms with Crippen LogP contribution in [0.5, 0.6) is 5.75 Å². The molecular formula is C12H11ClN2O3S. The highest BCUT2D eigenvalue weighted by Crippen LogP contribution is 2.30. The molecule has 0 aliphatic heterocycles. The zero-order valence-corrected chi connectivity index (χ0v) is 11.4. The molecule has 1 aromatic carbocycles. The maximum Gasteiger partial charge on any atom is 0.238 e. The number of sulfonamides is 1. The summed E-state index contributed by atoms with van der Waals surface area (Å²) in [6.45, 7) is 3.82. The number of hydrogen-bond acceptors (Lipinski definition) is 4. The van der Waals surface area contributed by atoms with Crippen LogP contribution in [0.3, 0.4) is 0 Å².